The summed E-state index contributed by atoms with van der Waals surface area (Å²) in [5.74, 6) is -1.14. The van der Waals surface area contributed by atoms with Crippen molar-refractivity contribution >= 4 is 23.2 Å². The molecule has 9 heteroatoms. The minimum Gasteiger partial charge on any atom is -0.482 e. The van der Waals surface area contributed by atoms with Gasteiger partial charge in [-0.3, -0.25) is 19.7 Å². The molecule has 2 aromatic rings. The summed E-state index contributed by atoms with van der Waals surface area (Å²) in [6.07, 6.45) is 0. The Balaban J connectivity index is 1.88. The van der Waals surface area contributed by atoms with Crippen LogP contribution in [-0.2, 0) is 9.53 Å². The van der Waals surface area contributed by atoms with Gasteiger partial charge in [0.2, 0.25) is 5.78 Å². The standard InChI is InChI=1S/C18H18N2O7/c1-10-17(12(3)21)11(2)19-18(10)15(22)8-27-16(23)9-26-14-6-4-13(5-7-14)20(24)25/h4-7,19H,8-9H2,1-3H3. The number of esters is 1. The molecule has 0 amide bonds. The molecule has 0 fully saturated rings. The third-order valence-electron chi connectivity index (χ3n) is 3.84. The number of non-ortho nitro benzene ring substituents is 1. The predicted molar refractivity (Wildman–Crippen MR) is 94.2 cm³/mol. The lowest BCUT2D eigenvalue weighted by atomic mass is 10.1. The molecule has 1 heterocycles. The van der Waals surface area contributed by atoms with Crippen molar-refractivity contribution in [2.75, 3.05) is 13.2 Å². The zero-order chi connectivity index (χ0) is 20.1. The molecule has 1 aromatic heterocycles. The monoisotopic (exact) mass is 374 g/mol. The van der Waals surface area contributed by atoms with Gasteiger partial charge in [0.1, 0.15) is 5.75 Å². The number of H-pyrrole nitrogens is 1. The SMILES string of the molecule is CC(=O)c1c(C)[nH]c(C(=O)COC(=O)COc2ccc([N+](=O)[O-])cc2)c1C. The Kier molecular flexibility index (Phi) is 6.07. The number of aromatic amines is 1. The van der Waals surface area contributed by atoms with E-state index in [-0.39, 0.29) is 22.9 Å². The van der Waals surface area contributed by atoms with Gasteiger partial charge in [0.25, 0.3) is 5.69 Å². The van der Waals surface area contributed by atoms with E-state index in [1.807, 2.05) is 0 Å². The largest absolute Gasteiger partial charge is 0.482 e. The third-order valence-corrected chi connectivity index (χ3v) is 3.84. The van der Waals surface area contributed by atoms with Crippen molar-refractivity contribution in [3.63, 3.8) is 0 Å². The van der Waals surface area contributed by atoms with E-state index in [4.69, 9.17) is 9.47 Å². The van der Waals surface area contributed by atoms with Crippen LogP contribution in [0.15, 0.2) is 24.3 Å². The Morgan fingerprint density at radius 3 is 2.26 bits per heavy atom. The van der Waals surface area contributed by atoms with Crippen molar-refractivity contribution in [3.8, 4) is 5.75 Å². The van der Waals surface area contributed by atoms with E-state index < -0.39 is 29.9 Å². The van der Waals surface area contributed by atoms with E-state index in [1.54, 1.807) is 13.8 Å². The summed E-state index contributed by atoms with van der Waals surface area (Å²) in [7, 11) is 0. The van der Waals surface area contributed by atoms with Crippen LogP contribution in [0.2, 0.25) is 0 Å². The van der Waals surface area contributed by atoms with Crippen LogP contribution in [0.5, 0.6) is 5.75 Å². The second-order valence-electron chi connectivity index (χ2n) is 5.80. The summed E-state index contributed by atoms with van der Waals surface area (Å²) in [5, 5.41) is 10.6. The molecule has 0 saturated heterocycles. The van der Waals surface area contributed by atoms with E-state index in [0.717, 1.165) is 0 Å². The quantitative estimate of drug-likeness (QED) is 0.325. The number of nitro benzene ring substituents is 1. The number of nitrogens with one attached hydrogen (secondary N) is 1. The van der Waals surface area contributed by atoms with Crippen molar-refractivity contribution in [2.45, 2.75) is 20.8 Å². The van der Waals surface area contributed by atoms with Crippen LogP contribution in [0.4, 0.5) is 5.69 Å². The Morgan fingerprint density at radius 2 is 1.74 bits per heavy atom. The fourth-order valence-electron chi connectivity index (χ4n) is 2.62. The molecule has 0 bridgehead atoms. The molecular formula is C18H18N2O7. The first kappa shape index (κ1) is 19.8. The average molecular weight is 374 g/mol. The molecule has 0 spiro atoms. The van der Waals surface area contributed by atoms with Crippen molar-refractivity contribution < 1.29 is 28.8 Å². The molecule has 27 heavy (non-hydrogen) atoms. The summed E-state index contributed by atoms with van der Waals surface area (Å²) >= 11 is 0. The Hall–Kier alpha value is -3.49. The number of ether oxygens (including phenoxy) is 2. The summed E-state index contributed by atoms with van der Waals surface area (Å²) in [5.41, 5.74) is 1.67. The van der Waals surface area contributed by atoms with E-state index in [9.17, 15) is 24.5 Å². The first-order valence-electron chi connectivity index (χ1n) is 7.97. The smallest absolute Gasteiger partial charge is 0.344 e. The van der Waals surface area contributed by atoms with Gasteiger partial charge in [-0.15, -0.1) is 0 Å². The number of aromatic nitrogens is 1. The molecule has 0 unspecified atom stereocenters. The van der Waals surface area contributed by atoms with Crippen molar-refractivity contribution in [1.82, 2.24) is 4.98 Å². The van der Waals surface area contributed by atoms with Gasteiger partial charge in [0.05, 0.1) is 10.6 Å². The number of hydrogen-bond acceptors (Lipinski definition) is 7. The fourth-order valence-corrected chi connectivity index (χ4v) is 2.62. The molecule has 0 aliphatic carbocycles. The lowest BCUT2D eigenvalue weighted by Crippen LogP contribution is -2.20. The summed E-state index contributed by atoms with van der Waals surface area (Å²) in [6, 6.07) is 5.19. The molecule has 2 rings (SSSR count). The number of Topliss-reactive ketones (excluding diaryl/α,β-unsaturated/α-hetero) is 2. The second-order valence-corrected chi connectivity index (χ2v) is 5.80. The minimum atomic E-state index is -0.769. The molecule has 1 N–H and O–H groups in total. The van der Waals surface area contributed by atoms with E-state index in [0.29, 0.717) is 16.8 Å². The molecule has 0 aliphatic rings. The van der Waals surface area contributed by atoms with Crippen molar-refractivity contribution in [3.05, 3.63) is 56.9 Å². The zero-order valence-electron chi connectivity index (χ0n) is 15.0. The van der Waals surface area contributed by atoms with E-state index in [1.165, 1.54) is 31.2 Å². The molecule has 9 nitrogen and oxygen atoms in total. The Bertz CT molecular complexity index is 897. The topological polar surface area (TPSA) is 129 Å². The van der Waals surface area contributed by atoms with Crippen LogP contribution in [0.25, 0.3) is 0 Å². The molecule has 0 aliphatic heterocycles. The van der Waals surface area contributed by atoms with Gasteiger partial charge in [-0.1, -0.05) is 0 Å². The number of benzene rings is 1. The number of ketones is 2. The van der Waals surface area contributed by atoms with Crippen LogP contribution < -0.4 is 4.74 Å². The van der Waals surface area contributed by atoms with Gasteiger partial charge >= 0.3 is 5.97 Å². The minimum absolute atomic E-state index is 0.0999. The highest BCUT2D eigenvalue weighted by Crippen LogP contribution is 2.19. The van der Waals surface area contributed by atoms with Crippen LogP contribution in [0, 0.1) is 24.0 Å². The normalized spacial score (nSPS) is 10.3. The number of carbonyl (C=O) groups excluding carboxylic acids is 3. The summed E-state index contributed by atoms with van der Waals surface area (Å²) < 4.78 is 10.0. The number of aryl methyl sites for hydroxylation is 1. The number of nitrogens with zero attached hydrogens (tertiary/aromatic N) is 1. The van der Waals surface area contributed by atoms with Gasteiger partial charge in [0.15, 0.2) is 19.0 Å². The number of hydrogen-bond donors (Lipinski definition) is 1. The highest BCUT2D eigenvalue weighted by molar-refractivity contribution is 6.04. The van der Waals surface area contributed by atoms with Crippen LogP contribution >= 0.6 is 0 Å². The van der Waals surface area contributed by atoms with Gasteiger partial charge in [-0.2, -0.15) is 0 Å². The van der Waals surface area contributed by atoms with Crippen molar-refractivity contribution in [2.24, 2.45) is 0 Å². The van der Waals surface area contributed by atoms with Crippen molar-refractivity contribution in [1.29, 1.82) is 0 Å². The predicted octanol–water partition coefficient (Wildman–Crippen LogP) is 2.55. The lowest BCUT2D eigenvalue weighted by Gasteiger charge is -2.06. The number of rotatable bonds is 8. The summed E-state index contributed by atoms with van der Waals surface area (Å²) in [4.78, 5) is 48.4. The van der Waals surface area contributed by atoms with Gasteiger partial charge in [-0.25, -0.2) is 4.79 Å². The zero-order valence-corrected chi connectivity index (χ0v) is 15.0. The molecule has 0 radical (unpaired) electrons. The molecule has 0 saturated carbocycles. The van der Waals surface area contributed by atoms with Gasteiger partial charge in [0, 0.05) is 23.4 Å². The maximum atomic E-state index is 12.2. The van der Waals surface area contributed by atoms with E-state index in [2.05, 4.69) is 4.98 Å². The highest BCUT2D eigenvalue weighted by Gasteiger charge is 2.20. The fraction of sp³-hybridized carbons (Fsp3) is 0.278. The Morgan fingerprint density at radius 1 is 1.11 bits per heavy atom. The second kappa shape index (κ2) is 8.26. The number of nitro groups is 1. The molecular weight excluding hydrogens is 356 g/mol. The van der Waals surface area contributed by atoms with Crippen LogP contribution in [-0.4, -0.2) is 40.7 Å². The average Bonchev–Trinajstić information content (AvgIpc) is 2.92. The van der Waals surface area contributed by atoms with Crippen LogP contribution in [0.1, 0.15) is 39.0 Å². The van der Waals surface area contributed by atoms with Crippen LogP contribution in [0.3, 0.4) is 0 Å². The first-order valence-corrected chi connectivity index (χ1v) is 7.97. The molecule has 142 valence electrons. The maximum absolute atomic E-state index is 12.2. The van der Waals surface area contributed by atoms with Gasteiger partial charge in [-0.05, 0) is 38.5 Å². The highest BCUT2D eigenvalue weighted by atomic mass is 16.6. The lowest BCUT2D eigenvalue weighted by molar-refractivity contribution is -0.384. The first-order chi connectivity index (χ1) is 12.7. The van der Waals surface area contributed by atoms with Gasteiger partial charge < -0.3 is 14.5 Å². The third kappa shape index (κ3) is 4.78. The molecule has 0 atom stereocenters. The number of carbonyl (C=O) groups is 3. The summed E-state index contributed by atoms with van der Waals surface area (Å²) in [6.45, 7) is 3.79. The molecule has 1 aromatic carbocycles. The Labute approximate surface area is 154 Å². The maximum Gasteiger partial charge on any atom is 0.344 e. The van der Waals surface area contributed by atoms with E-state index >= 15 is 0 Å².